The Morgan fingerprint density at radius 2 is 1.67 bits per heavy atom. The third kappa shape index (κ3) is 3.20. The number of carbonyl (C=O) groups is 3. The van der Waals surface area contributed by atoms with Gasteiger partial charge in [0.15, 0.2) is 0 Å². The molecule has 0 aliphatic carbocycles. The predicted octanol–water partition coefficient (Wildman–Crippen LogP) is 3.46. The van der Waals surface area contributed by atoms with E-state index in [0.717, 1.165) is 33.1 Å². The molecule has 1 aliphatic heterocycles. The lowest BCUT2D eigenvalue weighted by molar-refractivity contribution is -0.122. The van der Waals surface area contributed by atoms with Crippen LogP contribution in [0.25, 0.3) is 11.8 Å². The van der Waals surface area contributed by atoms with Crippen LogP contribution < -0.4 is 10.2 Å². The Morgan fingerprint density at radius 3 is 2.37 bits per heavy atom. The SMILES string of the molecule is Cc1ccccc1N1C(=O)NC(=O)/C(=C\c2cc(C)n(-c3ccncc3)c2C)C1=O. The molecule has 1 aromatic carbocycles. The standard InChI is InChI=1S/C23H20N4O3/c1-14-6-4-5-7-20(14)27-22(29)19(21(28)25-23(27)30)13-17-12-15(2)26(16(17)3)18-8-10-24-11-9-18/h4-13H,1-3H3,(H,25,28,30)/b19-13+. The third-order valence-electron chi connectivity index (χ3n) is 5.15. The van der Waals surface area contributed by atoms with Crippen molar-refractivity contribution in [2.45, 2.75) is 20.8 Å². The van der Waals surface area contributed by atoms with Crippen LogP contribution in [0.4, 0.5) is 10.5 Å². The number of nitrogens with one attached hydrogen (secondary N) is 1. The molecular weight excluding hydrogens is 380 g/mol. The van der Waals surface area contributed by atoms with Gasteiger partial charge in [-0.05, 0) is 62.2 Å². The number of para-hydroxylation sites is 1. The summed E-state index contributed by atoms with van der Waals surface area (Å²) in [6.07, 6.45) is 4.95. The molecule has 3 heterocycles. The zero-order valence-corrected chi connectivity index (χ0v) is 16.8. The Kier molecular flexibility index (Phi) is 4.79. The summed E-state index contributed by atoms with van der Waals surface area (Å²) in [6, 6.07) is 12.0. The molecule has 30 heavy (non-hydrogen) atoms. The van der Waals surface area contributed by atoms with Crippen LogP contribution >= 0.6 is 0 Å². The van der Waals surface area contributed by atoms with Gasteiger partial charge in [0.1, 0.15) is 5.57 Å². The fraction of sp³-hybridized carbons (Fsp3) is 0.130. The number of carbonyl (C=O) groups excluding carboxylic acids is 3. The van der Waals surface area contributed by atoms with Crippen LogP contribution in [-0.2, 0) is 9.59 Å². The van der Waals surface area contributed by atoms with Crippen molar-refractivity contribution in [1.82, 2.24) is 14.9 Å². The molecule has 0 unspecified atom stereocenters. The summed E-state index contributed by atoms with van der Waals surface area (Å²) in [6.45, 7) is 5.66. The van der Waals surface area contributed by atoms with E-state index >= 15 is 0 Å². The highest BCUT2D eigenvalue weighted by Gasteiger charge is 2.37. The monoisotopic (exact) mass is 400 g/mol. The molecule has 1 fully saturated rings. The predicted molar refractivity (Wildman–Crippen MR) is 113 cm³/mol. The maximum atomic E-state index is 13.1. The number of aryl methyl sites for hydroxylation is 2. The molecule has 7 nitrogen and oxygen atoms in total. The van der Waals surface area contributed by atoms with E-state index in [1.165, 1.54) is 6.08 Å². The average molecular weight is 400 g/mol. The summed E-state index contributed by atoms with van der Waals surface area (Å²) in [7, 11) is 0. The van der Waals surface area contributed by atoms with Crippen molar-refractivity contribution in [3.63, 3.8) is 0 Å². The third-order valence-corrected chi connectivity index (χ3v) is 5.15. The highest BCUT2D eigenvalue weighted by Crippen LogP contribution is 2.27. The Bertz CT molecular complexity index is 1210. The maximum absolute atomic E-state index is 13.1. The minimum absolute atomic E-state index is 0.0900. The Morgan fingerprint density at radius 1 is 0.967 bits per heavy atom. The molecule has 1 saturated heterocycles. The van der Waals surface area contributed by atoms with Crippen molar-refractivity contribution in [2.75, 3.05) is 4.90 Å². The first-order valence-electron chi connectivity index (χ1n) is 9.45. The molecule has 2 aromatic heterocycles. The minimum atomic E-state index is -0.751. The van der Waals surface area contributed by atoms with Crippen molar-refractivity contribution in [1.29, 1.82) is 0 Å². The number of hydrogen-bond donors (Lipinski definition) is 1. The van der Waals surface area contributed by atoms with Gasteiger partial charge in [-0.1, -0.05) is 18.2 Å². The molecule has 0 spiro atoms. The normalized spacial score (nSPS) is 15.6. The van der Waals surface area contributed by atoms with Crippen molar-refractivity contribution < 1.29 is 14.4 Å². The number of amides is 4. The second-order valence-corrected chi connectivity index (χ2v) is 7.11. The van der Waals surface area contributed by atoms with Crippen LogP contribution in [0.1, 0.15) is 22.5 Å². The average Bonchev–Trinajstić information content (AvgIpc) is 3.00. The number of hydrogen-bond acceptors (Lipinski definition) is 4. The summed E-state index contributed by atoms with van der Waals surface area (Å²) in [5.41, 5.74) is 4.58. The number of pyridine rings is 1. The number of rotatable bonds is 3. The van der Waals surface area contributed by atoms with E-state index < -0.39 is 17.8 Å². The molecule has 3 aromatic rings. The highest BCUT2D eigenvalue weighted by atomic mass is 16.2. The number of anilines is 1. The highest BCUT2D eigenvalue weighted by molar-refractivity contribution is 6.39. The number of barbiturate groups is 1. The number of imide groups is 2. The zero-order chi connectivity index (χ0) is 21.4. The van der Waals surface area contributed by atoms with Crippen LogP contribution in [-0.4, -0.2) is 27.4 Å². The summed E-state index contributed by atoms with van der Waals surface area (Å²) in [5.74, 6) is -1.35. The van der Waals surface area contributed by atoms with E-state index in [1.54, 1.807) is 37.5 Å². The fourth-order valence-corrected chi connectivity index (χ4v) is 3.67. The van der Waals surface area contributed by atoms with E-state index in [9.17, 15) is 14.4 Å². The van der Waals surface area contributed by atoms with Gasteiger partial charge in [0.2, 0.25) is 0 Å². The van der Waals surface area contributed by atoms with E-state index in [2.05, 4.69) is 10.3 Å². The molecule has 0 atom stereocenters. The molecule has 4 rings (SSSR count). The lowest BCUT2D eigenvalue weighted by Crippen LogP contribution is -2.54. The second-order valence-electron chi connectivity index (χ2n) is 7.11. The van der Waals surface area contributed by atoms with Gasteiger partial charge in [0.25, 0.3) is 11.8 Å². The smallest absolute Gasteiger partial charge is 0.318 e. The number of aromatic nitrogens is 2. The van der Waals surface area contributed by atoms with Gasteiger partial charge in [-0.15, -0.1) is 0 Å². The van der Waals surface area contributed by atoms with Gasteiger partial charge in [-0.3, -0.25) is 19.9 Å². The molecular formula is C23H20N4O3. The molecule has 0 radical (unpaired) electrons. The lowest BCUT2D eigenvalue weighted by atomic mass is 10.1. The molecule has 0 saturated carbocycles. The topological polar surface area (TPSA) is 84.3 Å². The zero-order valence-electron chi connectivity index (χ0n) is 16.8. The molecule has 0 bridgehead atoms. The first-order chi connectivity index (χ1) is 14.4. The first-order valence-corrected chi connectivity index (χ1v) is 9.45. The van der Waals surface area contributed by atoms with Gasteiger partial charge < -0.3 is 4.57 Å². The summed E-state index contributed by atoms with van der Waals surface area (Å²) in [4.78, 5) is 43.1. The van der Waals surface area contributed by atoms with Crippen LogP contribution in [0.2, 0.25) is 0 Å². The van der Waals surface area contributed by atoms with Crippen molar-refractivity contribution in [2.24, 2.45) is 0 Å². The fourth-order valence-electron chi connectivity index (χ4n) is 3.67. The molecule has 1 N–H and O–H groups in total. The van der Waals surface area contributed by atoms with Crippen molar-refractivity contribution in [3.8, 4) is 5.69 Å². The lowest BCUT2D eigenvalue weighted by Gasteiger charge is -2.27. The van der Waals surface area contributed by atoms with Crippen LogP contribution in [0.3, 0.4) is 0 Å². The van der Waals surface area contributed by atoms with Crippen LogP contribution in [0.5, 0.6) is 0 Å². The van der Waals surface area contributed by atoms with Gasteiger partial charge in [-0.25, -0.2) is 9.69 Å². The molecule has 1 aliphatic rings. The van der Waals surface area contributed by atoms with E-state index in [1.807, 2.05) is 42.7 Å². The number of benzene rings is 1. The molecule has 4 amide bonds. The maximum Gasteiger partial charge on any atom is 0.335 e. The quantitative estimate of drug-likeness (QED) is 0.539. The van der Waals surface area contributed by atoms with Gasteiger partial charge in [-0.2, -0.15) is 0 Å². The summed E-state index contributed by atoms with van der Waals surface area (Å²) in [5, 5.41) is 2.27. The van der Waals surface area contributed by atoms with Gasteiger partial charge in [0.05, 0.1) is 5.69 Å². The molecule has 150 valence electrons. The van der Waals surface area contributed by atoms with Crippen LogP contribution in [0.15, 0.2) is 60.4 Å². The molecule has 7 heteroatoms. The minimum Gasteiger partial charge on any atom is -0.318 e. The van der Waals surface area contributed by atoms with E-state index in [4.69, 9.17) is 0 Å². The largest absolute Gasteiger partial charge is 0.335 e. The van der Waals surface area contributed by atoms with Gasteiger partial charge in [0, 0.05) is 29.5 Å². The number of nitrogens with zero attached hydrogens (tertiary/aromatic N) is 3. The summed E-state index contributed by atoms with van der Waals surface area (Å²) < 4.78 is 2.02. The van der Waals surface area contributed by atoms with Crippen LogP contribution in [0, 0.1) is 20.8 Å². The van der Waals surface area contributed by atoms with E-state index in [-0.39, 0.29) is 5.57 Å². The van der Waals surface area contributed by atoms with Crippen molar-refractivity contribution >= 4 is 29.6 Å². The van der Waals surface area contributed by atoms with Crippen molar-refractivity contribution in [3.05, 3.63) is 82.9 Å². The van der Waals surface area contributed by atoms with E-state index in [0.29, 0.717) is 5.69 Å². The Labute approximate surface area is 173 Å². The first kappa shape index (κ1) is 19.3. The Balaban J connectivity index is 1.78. The number of urea groups is 1. The summed E-state index contributed by atoms with van der Waals surface area (Å²) >= 11 is 0. The van der Waals surface area contributed by atoms with Gasteiger partial charge >= 0.3 is 6.03 Å². The Hall–Kier alpha value is -4.00. The second kappa shape index (κ2) is 7.44.